The largest absolute Gasteiger partial charge is 0.507 e. The quantitative estimate of drug-likeness (QED) is 0.597. The number of nitrogens with one attached hydrogen (secondary N) is 1. The van der Waals surface area contributed by atoms with Crippen molar-refractivity contribution in [1.82, 2.24) is 9.38 Å². The number of hydrogen-bond donors (Lipinski definition) is 3. The molecule has 0 saturated carbocycles. The number of aromatic nitrogens is 2. The molecule has 2 heterocycles. The summed E-state index contributed by atoms with van der Waals surface area (Å²) in [6, 6.07) is 7.44. The minimum absolute atomic E-state index is 0.263. The number of anilines is 1. The smallest absolute Gasteiger partial charge is 0.339 e. The first kappa shape index (κ1) is 16.0. The summed E-state index contributed by atoms with van der Waals surface area (Å²) in [6.45, 7) is 1.72. The highest BCUT2D eigenvalue weighted by Gasteiger charge is 2.18. The van der Waals surface area contributed by atoms with Crippen molar-refractivity contribution in [2.24, 2.45) is 0 Å². The monoisotopic (exact) mass is 389 g/mol. The van der Waals surface area contributed by atoms with Gasteiger partial charge in [-0.3, -0.25) is 9.20 Å². The molecule has 0 fully saturated rings. The summed E-state index contributed by atoms with van der Waals surface area (Å²) in [5.41, 5.74) is 1.49. The Morgan fingerprint density at radius 3 is 2.71 bits per heavy atom. The second-order valence-corrected chi connectivity index (χ2v) is 6.03. The minimum Gasteiger partial charge on any atom is -0.507 e. The molecule has 122 valence electrons. The van der Waals surface area contributed by atoms with Crippen LogP contribution in [0.3, 0.4) is 0 Å². The van der Waals surface area contributed by atoms with E-state index < -0.39 is 11.9 Å². The molecule has 24 heavy (non-hydrogen) atoms. The van der Waals surface area contributed by atoms with E-state index in [1.54, 1.807) is 23.6 Å². The van der Waals surface area contributed by atoms with Crippen LogP contribution in [0.4, 0.5) is 5.69 Å². The van der Waals surface area contributed by atoms with Gasteiger partial charge in [0.1, 0.15) is 22.7 Å². The van der Waals surface area contributed by atoms with E-state index in [1.807, 2.05) is 6.07 Å². The molecule has 0 unspecified atom stereocenters. The number of hydrogen-bond acceptors (Lipinski definition) is 4. The summed E-state index contributed by atoms with van der Waals surface area (Å²) in [4.78, 5) is 28.0. The lowest BCUT2D eigenvalue weighted by molar-refractivity contribution is 0.0693. The number of carbonyl (C=O) groups is 2. The Morgan fingerprint density at radius 2 is 2.00 bits per heavy atom. The number of halogens is 1. The van der Waals surface area contributed by atoms with Crippen LogP contribution in [0, 0.1) is 6.92 Å². The van der Waals surface area contributed by atoms with Gasteiger partial charge in [-0.1, -0.05) is 0 Å². The summed E-state index contributed by atoms with van der Waals surface area (Å²) in [5, 5.41) is 21.2. The Kier molecular flexibility index (Phi) is 3.98. The lowest BCUT2D eigenvalue weighted by Gasteiger charge is -2.08. The first-order valence-corrected chi connectivity index (χ1v) is 7.68. The number of carbonyl (C=O) groups excluding carboxylic acids is 1. The number of imidazole rings is 1. The molecule has 8 heteroatoms. The number of rotatable bonds is 3. The summed E-state index contributed by atoms with van der Waals surface area (Å²) in [6.07, 6.45) is 1.73. The van der Waals surface area contributed by atoms with Gasteiger partial charge in [0.25, 0.3) is 5.91 Å². The molecule has 1 aromatic carbocycles. The molecule has 0 spiro atoms. The van der Waals surface area contributed by atoms with Crippen molar-refractivity contribution in [2.75, 3.05) is 5.32 Å². The van der Waals surface area contributed by atoms with Crippen molar-refractivity contribution < 1.29 is 19.8 Å². The second-order valence-electron chi connectivity index (χ2n) is 5.11. The molecule has 0 atom stereocenters. The van der Waals surface area contributed by atoms with E-state index in [9.17, 15) is 14.7 Å². The number of aromatic carboxylic acids is 1. The molecular weight excluding hydrogens is 378 g/mol. The lowest BCUT2D eigenvalue weighted by atomic mass is 10.1. The van der Waals surface area contributed by atoms with Crippen LogP contribution in [-0.2, 0) is 0 Å². The molecule has 3 rings (SSSR count). The minimum atomic E-state index is -1.28. The first-order valence-electron chi connectivity index (χ1n) is 6.88. The second kappa shape index (κ2) is 5.97. The molecular formula is C16H12BrN3O4. The third-order valence-corrected chi connectivity index (χ3v) is 3.93. The Hall–Kier alpha value is -2.87. The zero-order valence-corrected chi connectivity index (χ0v) is 14.0. The first-order chi connectivity index (χ1) is 11.4. The Balaban J connectivity index is 1.99. The molecule has 1 amide bonds. The van der Waals surface area contributed by atoms with Crippen LogP contribution < -0.4 is 5.32 Å². The third kappa shape index (κ3) is 2.83. The van der Waals surface area contributed by atoms with Crippen molar-refractivity contribution in [3.63, 3.8) is 0 Å². The van der Waals surface area contributed by atoms with Crippen molar-refractivity contribution in [3.8, 4) is 5.75 Å². The van der Waals surface area contributed by atoms with E-state index in [-0.39, 0.29) is 17.0 Å². The standard InChI is InChI=1S/C16H12BrN3O4/c1-8-14(20-7-9(17)2-5-13(20)18-8)15(22)19-10-3-4-12(21)11(6-10)16(23)24/h2-7,21H,1H3,(H,19,22)(H,23,24). The zero-order valence-electron chi connectivity index (χ0n) is 12.4. The van der Waals surface area contributed by atoms with Crippen LogP contribution in [0.15, 0.2) is 41.0 Å². The van der Waals surface area contributed by atoms with E-state index in [1.165, 1.54) is 18.2 Å². The number of benzene rings is 1. The maximum absolute atomic E-state index is 12.6. The van der Waals surface area contributed by atoms with Crippen LogP contribution in [-0.4, -0.2) is 31.5 Å². The van der Waals surface area contributed by atoms with Crippen LogP contribution in [0.2, 0.25) is 0 Å². The summed E-state index contributed by atoms with van der Waals surface area (Å²) >= 11 is 3.35. The molecule has 0 aliphatic heterocycles. The van der Waals surface area contributed by atoms with Crippen LogP contribution in [0.1, 0.15) is 26.5 Å². The Bertz CT molecular complexity index is 981. The number of carboxylic acids is 1. The zero-order chi connectivity index (χ0) is 17.4. The summed E-state index contributed by atoms with van der Waals surface area (Å²) < 4.78 is 2.44. The van der Waals surface area contributed by atoms with Crippen LogP contribution >= 0.6 is 15.9 Å². The molecule has 7 nitrogen and oxygen atoms in total. The normalized spacial score (nSPS) is 10.8. The van der Waals surface area contributed by atoms with Crippen LogP contribution in [0.25, 0.3) is 5.65 Å². The van der Waals surface area contributed by atoms with E-state index >= 15 is 0 Å². The predicted molar refractivity (Wildman–Crippen MR) is 90.6 cm³/mol. The number of amides is 1. The fourth-order valence-electron chi connectivity index (χ4n) is 2.39. The van der Waals surface area contributed by atoms with Gasteiger partial charge in [0.15, 0.2) is 0 Å². The van der Waals surface area contributed by atoms with E-state index in [0.717, 1.165) is 4.47 Å². The van der Waals surface area contributed by atoms with Gasteiger partial charge in [-0.2, -0.15) is 0 Å². The molecule has 0 aliphatic carbocycles. The summed E-state index contributed by atoms with van der Waals surface area (Å²) in [7, 11) is 0. The Labute approximate surface area is 144 Å². The highest BCUT2D eigenvalue weighted by atomic mass is 79.9. The topological polar surface area (TPSA) is 104 Å². The maximum Gasteiger partial charge on any atom is 0.339 e. The van der Waals surface area contributed by atoms with Crippen LogP contribution in [0.5, 0.6) is 5.75 Å². The van der Waals surface area contributed by atoms with Gasteiger partial charge in [-0.25, -0.2) is 9.78 Å². The van der Waals surface area contributed by atoms with Gasteiger partial charge in [0.2, 0.25) is 0 Å². The maximum atomic E-state index is 12.6. The fourth-order valence-corrected chi connectivity index (χ4v) is 2.72. The van der Waals surface area contributed by atoms with E-state index in [0.29, 0.717) is 17.0 Å². The average molecular weight is 390 g/mol. The van der Waals surface area contributed by atoms with Crippen molar-refractivity contribution in [1.29, 1.82) is 0 Å². The predicted octanol–water partition coefficient (Wildman–Crippen LogP) is 3.06. The fraction of sp³-hybridized carbons (Fsp3) is 0.0625. The lowest BCUT2D eigenvalue weighted by Crippen LogP contribution is -2.16. The summed E-state index contributed by atoms with van der Waals surface area (Å²) in [5.74, 6) is -2.07. The third-order valence-electron chi connectivity index (χ3n) is 3.46. The van der Waals surface area contributed by atoms with Gasteiger partial charge in [0.05, 0.1) is 5.69 Å². The molecule has 0 aliphatic rings. The number of aromatic hydroxyl groups is 1. The molecule has 2 aromatic heterocycles. The van der Waals surface area contributed by atoms with Crippen molar-refractivity contribution in [3.05, 3.63) is 58.0 Å². The highest BCUT2D eigenvalue weighted by Crippen LogP contribution is 2.23. The average Bonchev–Trinajstić information content (AvgIpc) is 2.84. The molecule has 0 radical (unpaired) electrons. The number of nitrogens with zero attached hydrogens (tertiary/aromatic N) is 2. The number of pyridine rings is 1. The Morgan fingerprint density at radius 1 is 1.25 bits per heavy atom. The van der Waals surface area contributed by atoms with Gasteiger partial charge >= 0.3 is 5.97 Å². The molecule has 3 N–H and O–H groups in total. The SMILES string of the molecule is Cc1nc2ccc(Br)cn2c1C(=O)Nc1ccc(O)c(C(=O)O)c1. The number of aryl methyl sites for hydroxylation is 1. The number of carboxylic acid groups (broad SMARTS) is 1. The van der Waals surface area contributed by atoms with E-state index in [4.69, 9.17) is 5.11 Å². The highest BCUT2D eigenvalue weighted by molar-refractivity contribution is 9.10. The van der Waals surface area contributed by atoms with Crippen molar-refractivity contribution in [2.45, 2.75) is 6.92 Å². The van der Waals surface area contributed by atoms with Gasteiger partial charge in [-0.05, 0) is 53.2 Å². The molecule has 0 bridgehead atoms. The van der Waals surface area contributed by atoms with Crippen molar-refractivity contribution >= 4 is 39.1 Å². The van der Waals surface area contributed by atoms with E-state index in [2.05, 4.69) is 26.2 Å². The number of phenols is 1. The number of fused-ring (bicyclic) bond motifs is 1. The molecule has 0 saturated heterocycles. The molecule has 3 aromatic rings. The van der Waals surface area contributed by atoms with Gasteiger partial charge < -0.3 is 15.5 Å². The van der Waals surface area contributed by atoms with Gasteiger partial charge in [0, 0.05) is 16.4 Å². The van der Waals surface area contributed by atoms with Gasteiger partial charge in [-0.15, -0.1) is 0 Å².